The largest absolute Gasteiger partial charge is 0.383 e. The highest BCUT2D eigenvalue weighted by atomic mass is 32.2. The van der Waals surface area contributed by atoms with E-state index in [0.717, 1.165) is 23.2 Å². The molecule has 0 saturated heterocycles. The normalized spacial score (nSPS) is 14.6. The van der Waals surface area contributed by atoms with Crippen molar-refractivity contribution in [3.63, 3.8) is 0 Å². The number of nitro groups is 1. The second kappa shape index (κ2) is 6.50. The Morgan fingerprint density at radius 3 is 2.61 bits per heavy atom. The van der Waals surface area contributed by atoms with Gasteiger partial charge >= 0.3 is 0 Å². The lowest BCUT2D eigenvalue weighted by Crippen LogP contribution is -2.39. The number of hydrogen-bond acceptors (Lipinski definition) is 6. The van der Waals surface area contributed by atoms with E-state index in [-0.39, 0.29) is 34.8 Å². The van der Waals surface area contributed by atoms with E-state index in [9.17, 15) is 23.3 Å². The Balaban J connectivity index is 2.22. The first-order valence-electron chi connectivity index (χ1n) is 6.97. The van der Waals surface area contributed by atoms with Gasteiger partial charge in [0.2, 0.25) is 15.9 Å². The van der Waals surface area contributed by atoms with E-state index in [0.29, 0.717) is 0 Å². The quantitative estimate of drug-likeness (QED) is 0.551. The lowest BCUT2D eigenvalue weighted by atomic mass is 10.3. The van der Waals surface area contributed by atoms with Gasteiger partial charge in [0, 0.05) is 26.2 Å². The molecule has 2 rings (SSSR count). The van der Waals surface area contributed by atoms with E-state index < -0.39 is 14.9 Å². The van der Waals surface area contributed by atoms with Crippen molar-refractivity contribution in [3.05, 3.63) is 28.3 Å². The lowest BCUT2D eigenvalue weighted by molar-refractivity contribution is -0.384. The van der Waals surface area contributed by atoms with Crippen molar-refractivity contribution in [2.75, 3.05) is 26.0 Å². The van der Waals surface area contributed by atoms with Crippen molar-refractivity contribution in [2.45, 2.75) is 23.8 Å². The topological polar surface area (TPSA) is 122 Å². The van der Waals surface area contributed by atoms with Gasteiger partial charge in [-0.05, 0) is 25.0 Å². The third kappa shape index (κ3) is 3.96. The van der Waals surface area contributed by atoms with Crippen LogP contribution in [-0.2, 0) is 14.8 Å². The molecule has 1 saturated carbocycles. The highest BCUT2D eigenvalue weighted by molar-refractivity contribution is 7.89. The summed E-state index contributed by atoms with van der Waals surface area (Å²) in [5.41, 5.74) is -0.132. The maximum absolute atomic E-state index is 12.4. The second-order valence-electron chi connectivity index (χ2n) is 5.29. The molecule has 1 fully saturated rings. The van der Waals surface area contributed by atoms with Crippen molar-refractivity contribution in [1.82, 2.24) is 9.62 Å². The number of likely N-dealkylation sites (N-methyl/N-ethyl adjacent to an activating group) is 1. The van der Waals surface area contributed by atoms with Crippen LogP contribution in [0.3, 0.4) is 0 Å². The van der Waals surface area contributed by atoms with Crippen LogP contribution in [0.5, 0.6) is 0 Å². The highest BCUT2D eigenvalue weighted by Crippen LogP contribution is 2.28. The number of nitrogens with one attached hydrogen (secondary N) is 2. The number of benzene rings is 1. The van der Waals surface area contributed by atoms with Gasteiger partial charge in [-0.25, -0.2) is 8.42 Å². The van der Waals surface area contributed by atoms with Gasteiger partial charge in [0.05, 0.1) is 16.4 Å². The average Bonchev–Trinajstić information content (AvgIpc) is 3.29. The summed E-state index contributed by atoms with van der Waals surface area (Å²) in [6, 6.07) is 3.71. The summed E-state index contributed by atoms with van der Waals surface area (Å²) in [6.45, 7) is -0.333. The number of sulfonamides is 1. The molecule has 0 atom stereocenters. The summed E-state index contributed by atoms with van der Waals surface area (Å²) in [5.74, 6) is -0.389. The summed E-state index contributed by atoms with van der Waals surface area (Å²) >= 11 is 0. The zero-order chi connectivity index (χ0) is 17.2. The molecular weight excluding hydrogens is 324 g/mol. The molecule has 10 heteroatoms. The zero-order valence-corrected chi connectivity index (χ0v) is 13.6. The van der Waals surface area contributed by atoms with Crippen molar-refractivity contribution in [1.29, 1.82) is 0 Å². The fourth-order valence-electron chi connectivity index (χ4n) is 2.00. The van der Waals surface area contributed by atoms with E-state index in [1.807, 2.05) is 0 Å². The fourth-order valence-corrected chi connectivity index (χ4v) is 3.15. The molecule has 0 aliphatic heterocycles. The predicted molar refractivity (Wildman–Crippen MR) is 83.6 cm³/mol. The molecule has 1 aliphatic rings. The molecule has 0 heterocycles. The molecule has 0 radical (unpaired) electrons. The SMILES string of the molecule is CNc1ccc(S(=O)(=O)N(C)CC(=O)NC2CC2)cc1[N+](=O)[O-]. The van der Waals surface area contributed by atoms with Crippen LogP contribution < -0.4 is 10.6 Å². The van der Waals surface area contributed by atoms with Gasteiger partial charge in [-0.2, -0.15) is 4.31 Å². The zero-order valence-electron chi connectivity index (χ0n) is 12.8. The third-order valence-corrected chi connectivity index (χ3v) is 5.25. The summed E-state index contributed by atoms with van der Waals surface area (Å²) in [6.07, 6.45) is 1.81. The first kappa shape index (κ1) is 17.2. The molecular formula is C13H18N4O5S. The fraction of sp³-hybridized carbons (Fsp3) is 0.462. The second-order valence-corrected chi connectivity index (χ2v) is 7.33. The number of carbonyl (C=O) groups is 1. The molecule has 2 N–H and O–H groups in total. The minimum Gasteiger partial charge on any atom is -0.383 e. The molecule has 0 bridgehead atoms. The molecule has 0 spiro atoms. The lowest BCUT2D eigenvalue weighted by Gasteiger charge is -2.17. The Labute approximate surface area is 133 Å². The molecule has 1 aromatic carbocycles. The Kier molecular flexibility index (Phi) is 4.85. The van der Waals surface area contributed by atoms with Crippen molar-refractivity contribution in [2.24, 2.45) is 0 Å². The number of nitro benzene ring substituents is 1. The molecule has 23 heavy (non-hydrogen) atoms. The average molecular weight is 342 g/mol. The van der Waals surface area contributed by atoms with Crippen LogP contribution in [0.2, 0.25) is 0 Å². The molecule has 9 nitrogen and oxygen atoms in total. The van der Waals surface area contributed by atoms with Crippen LogP contribution in [0.15, 0.2) is 23.1 Å². The number of nitrogens with zero attached hydrogens (tertiary/aromatic N) is 2. The van der Waals surface area contributed by atoms with Gasteiger partial charge < -0.3 is 10.6 Å². The smallest absolute Gasteiger partial charge is 0.293 e. The summed E-state index contributed by atoms with van der Waals surface area (Å²) in [5, 5.41) is 16.4. The highest BCUT2D eigenvalue weighted by Gasteiger charge is 2.28. The molecule has 0 aromatic heterocycles. The minimum absolute atomic E-state index is 0.134. The Hall–Kier alpha value is -2.20. The Morgan fingerprint density at radius 1 is 1.43 bits per heavy atom. The van der Waals surface area contributed by atoms with Gasteiger partial charge in [-0.3, -0.25) is 14.9 Å². The summed E-state index contributed by atoms with van der Waals surface area (Å²) in [7, 11) is -1.22. The van der Waals surface area contributed by atoms with Crippen LogP contribution in [0.1, 0.15) is 12.8 Å². The minimum atomic E-state index is -3.99. The van der Waals surface area contributed by atoms with E-state index in [4.69, 9.17) is 0 Å². The van der Waals surface area contributed by atoms with Gasteiger partial charge in [-0.15, -0.1) is 0 Å². The molecule has 1 amide bonds. The van der Waals surface area contributed by atoms with Crippen LogP contribution in [0.4, 0.5) is 11.4 Å². The first-order valence-corrected chi connectivity index (χ1v) is 8.41. The van der Waals surface area contributed by atoms with Gasteiger partial charge in [0.15, 0.2) is 0 Å². The van der Waals surface area contributed by atoms with Crippen LogP contribution >= 0.6 is 0 Å². The Morgan fingerprint density at radius 2 is 2.09 bits per heavy atom. The van der Waals surface area contributed by atoms with E-state index in [2.05, 4.69) is 10.6 Å². The third-order valence-electron chi connectivity index (χ3n) is 3.45. The molecule has 0 unspecified atom stereocenters. The van der Waals surface area contributed by atoms with Crippen molar-refractivity contribution in [3.8, 4) is 0 Å². The maximum atomic E-state index is 12.4. The standard InChI is InChI=1S/C13H18N4O5S/c1-14-11-6-5-10(7-12(11)17(19)20)23(21,22)16(2)8-13(18)15-9-3-4-9/h5-7,9,14H,3-4,8H2,1-2H3,(H,15,18). The van der Waals surface area contributed by atoms with Crippen LogP contribution in [-0.4, -0.2) is 50.2 Å². The number of carbonyl (C=O) groups excluding carboxylic acids is 1. The summed E-state index contributed by atoms with van der Waals surface area (Å²) < 4.78 is 25.8. The summed E-state index contributed by atoms with van der Waals surface area (Å²) in [4.78, 5) is 21.9. The number of amides is 1. The van der Waals surface area contributed by atoms with E-state index in [1.165, 1.54) is 26.2 Å². The maximum Gasteiger partial charge on any atom is 0.293 e. The molecule has 126 valence electrons. The van der Waals surface area contributed by atoms with E-state index >= 15 is 0 Å². The van der Waals surface area contributed by atoms with Gasteiger partial charge in [0.25, 0.3) is 5.69 Å². The van der Waals surface area contributed by atoms with Gasteiger partial charge in [-0.1, -0.05) is 0 Å². The number of anilines is 1. The monoisotopic (exact) mass is 342 g/mol. The van der Waals surface area contributed by atoms with Crippen molar-refractivity contribution >= 4 is 27.3 Å². The molecule has 1 aromatic rings. The number of hydrogen-bond donors (Lipinski definition) is 2. The Bertz CT molecular complexity index is 730. The first-order chi connectivity index (χ1) is 10.8. The van der Waals surface area contributed by atoms with Crippen LogP contribution in [0.25, 0.3) is 0 Å². The molecule has 1 aliphatic carbocycles. The van der Waals surface area contributed by atoms with Gasteiger partial charge in [0.1, 0.15) is 5.69 Å². The predicted octanol–water partition coefficient (Wildman–Crippen LogP) is 0.536. The van der Waals surface area contributed by atoms with Crippen LogP contribution in [0, 0.1) is 10.1 Å². The number of rotatable bonds is 7. The van der Waals surface area contributed by atoms with E-state index in [1.54, 1.807) is 0 Å². The van der Waals surface area contributed by atoms with Crippen molar-refractivity contribution < 1.29 is 18.1 Å².